The molecule has 2 saturated heterocycles. The highest BCUT2D eigenvalue weighted by Gasteiger charge is 2.46. The third-order valence-corrected chi connectivity index (χ3v) is 7.02. The van der Waals surface area contributed by atoms with Gasteiger partial charge in [0.2, 0.25) is 12.6 Å². The molecule has 9 N–H and O–H groups in total. The number of aromatic hydroxyl groups is 1. The molecule has 2 aromatic carbocycles. The number of aliphatic hydroxyl groups is 8. The minimum Gasteiger partial charge on any atom is -0.507 e. The number of benzene rings is 2. The molecule has 10 atom stereocenters. The maximum atomic E-state index is 13.1. The molecule has 16 heteroatoms. The maximum Gasteiger partial charge on any atom is 0.346 e. The average Bonchev–Trinajstić information content (AvgIpc) is 3.01. The highest BCUT2D eigenvalue weighted by molar-refractivity contribution is 5.96. The number of hydrogen-bond donors (Lipinski definition) is 9. The van der Waals surface area contributed by atoms with Gasteiger partial charge in [0.05, 0.1) is 20.3 Å². The van der Waals surface area contributed by atoms with E-state index in [1.807, 2.05) is 0 Å². The Morgan fingerprint density at radius 3 is 1.81 bits per heavy atom. The number of carbonyl (C=O) groups excluding carboxylic acids is 1. The Hall–Kier alpha value is -3.29. The van der Waals surface area contributed by atoms with Gasteiger partial charge in [-0.05, 0) is 18.2 Å². The summed E-state index contributed by atoms with van der Waals surface area (Å²) in [6.07, 6.45) is -15.6. The first-order valence-corrected chi connectivity index (χ1v) is 13.1. The number of hydrogen-bond acceptors (Lipinski definition) is 16. The van der Waals surface area contributed by atoms with Crippen LogP contribution in [0.2, 0.25) is 0 Å². The fourth-order valence-electron chi connectivity index (χ4n) is 4.58. The minimum atomic E-state index is -1.76. The van der Waals surface area contributed by atoms with Gasteiger partial charge >= 0.3 is 5.97 Å². The number of phenolic OH excluding ortho intramolecular Hbond substituents is 1. The van der Waals surface area contributed by atoms with E-state index in [1.54, 1.807) is 12.1 Å². The van der Waals surface area contributed by atoms with Crippen molar-refractivity contribution in [3.05, 3.63) is 47.5 Å². The number of methoxy groups -OCH3 is 1. The second-order valence-corrected chi connectivity index (χ2v) is 9.81. The molecule has 0 amide bonds. The molecule has 2 heterocycles. The smallest absolute Gasteiger partial charge is 0.346 e. The number of esters is 1. The molecule has 0 radical (unpaired) electrons. The molecule has 0 spiro atoms. The first kappa shape index (κ1) is 32.6. The van der Waals surface area contributed by atoms with Crippen molar-refractivity contribution < 1.29 is 79.2 Å². The number of para-hydroxylation sites is 1. The van der Waals surface area contributed by atoms with Crippen molar-refractivity contribution in [2.24, 2.45) is 0 Å². The monoisotopic (exact) mass is 614 g/mol. The normalized spacial score (nSPS) is 32.6. The van der Waals surface area contributed by atoms with E-state index >= 15 is 0 Å². The molecule has 238 valence electrons. The van der Waals surface area contributed by atoms with E-state index < -0.39 is 98.5 Å². The van der Waals surface area contributed by atoms with E-state index in [4.69, 9.17) is 28.4 Å². The summed E-state index contributed by atoms with van der Waals surface area (Å²) in [5, 5.41) is 90.0. The van der Waals surface area contributed by atoms with E-state index in [9.17, 15) is 50.8 Å². The fraction of sp³-hybridized carbons (Fsp3) is 0.519. The zero-order valence-electron chi connectivity index (χ0n) is 22.7. The van der Waals surface area contributed by atoms with Gasteiger partial charge in [-0.25, -0.2) is 4.79 Å². The Kier molecular flexibility index (Phi) is 10.6. The van der Waals surface area contributed by atoms with Gasteiger partial charge < -0.3 is 74.4 Å². The summed E-state index contributed by atoms with van der Waals surface area (Å²) in [4.78, 5) is 13.1. The Labute approximate surface area is 244 Å². The Bertz CT molecular complexity index is 1240. The number of aliphatic hydroxyl groups excluding tert-OH is 8. The van der Waals surface area contributed by atoms with Gasteiger partial charge in [0.25, 0.3) is 0 Å². The van der Waals surface area contributed by atoms with E-state index in [-0.39, 0.29) is 22.8 Å². The van der Waals surface area contributed by atoms with E-state index in [1.165, 1.54) is 18.2 Å². The molecule has 0 aliphatic carbocycles. The van der Waals surface area contributed by atoms with Crippen LogP contribution in [0.25, 0.3) is 0 Å². The maximum absolute atomic E-state index is 13.1. The largest absolute Gasteiger partial charge is 0.507 e. The lowest BCUT2D eigenvalue weighted by atomic mass is 9.99. The fourth-order valence-corrected chi connectivity index (χ4v) is 4.58. The number of ether oxygens (including phenoxy) is 6. The summed E-state index contributed by atoms with van der Waals surface area (Å²) in [6, 6.07) is 8.40. The molecule has 16 nitrogen and oxygen atoms in total. The zero-order chi connectivity index (χ0) is 31.4. The van der Waals surface area contributed by atoms with Crippen LogP contribution in [-0.4, -0.2) is 134 Å². The molecule has 4 rings (SSSR count). The van der Waals surface area contributed by atoms with Gasteiger partial charge in [-0.3, -0.25) is 0 Å². The van der Waals surface area contributed by atoms with Crippen LogP contribution in [0, 0.1) is 0 Å². The van der Waals surface area contributed by atoms with Crippen molar-refractivity contribution in [2.75, 3.05) is 20.3 Å². The third kappa shape index (κ3) is 6.78. The summed E-state index contributed by atoms with van der Waals surface area (Å²) in [6.45, 7) is -1.79. The molecule has 0 bridgehead atoms. The number of rotatable bonds is 10. The summed E-state index contributed by atoms with van der Waals surface area (Å²) in [5.74, 6) is -2.13. The van der Waals surface area contributed by atoms with Crippen LogP contribution in [-0.2, 0) is 20.8 Å². The van der Waals surface area contributed by atoms with Crippen molar-refractivity contribution in [3.63, 3.8) is 0 Å². The van der Waals surface area contributed by atoms with Gasteiger partial charge in [0.15, 0.2) is 11.5 Å². The zero-order valence-corrected chi connectivity index (χ0v) is 22.7. The molecule has 2 fully saturated rings. The lowest BCUT2D eigenvalue weighted by molar-refractivity contribution is -0.277. The Morgan fingerprint density at radius 2 is 1.28 bits per heavy atom. The van der Waals surface area contributed by atoms with Crippen LogP contribution < -0.4 is 14.2 Å². The van der Waals surface area contributed by atoms with Crippen LogP contribution >= 0.6 is 0 Å². The first-order valence-electron chi connectivity index (χ1n) is 13.1. The SMILES string of the molecule is COc1c(OC2OC(CO)C(O)C(O)C2O)ccc(O)c1C(=O)OCc1ccccc1O[C@@H]1O[C@H](CO)[C@@H](O)[C@H](O)[C@H]1O. The minimum absolute atomic E-state index is 0.0653. The average molecular weight is 615 g/mol. The summed E-state index contributed by atoms with van der Waals surface area (Å²) < 4.78 is 32.6. The molecular formula is C27H34O16. The predicted molar refractivity (Wildman–Crippen MR) is 139 cm³/mol. The highest BCUT2D eigenvalue weighted by Crippen LogP contribution is 2.39. The molecule has 0 saturated carbocycles. The van der Waals surface area contributed by atoms with Crippen LogP contribution in [0.5, 0.6) is 23.0 Å². The molecule has 2 aromatic rings. The van der Waals surface area contributed by atoms with Crippen molar-refractivity contribution >= 4 is 5.97 Å². The third-order valence-electron chi connectivity index (χ3n) is 7.02. The highest BCUT2D eigenvalue weighted by atomic mass is 16.7. The quantitative estimate of drug-likeness (QED) is 0.122. The first-order chi connectivity index (χ1) is 20.5. The van der Waals surface area contributed by atoms with Crippen LogP contribution in [0.15, 0.2) is 36.4 Å². The summed E-state index contributed by atoms with van der Waals surface area (Å²) in [7, 11) is 1.16. The van der Waals surface area contributed by atoms with E-state index in [0.717, 1.165) is 13.2 Å². The van der Waals surface area contributed by atoms with E-state index in [2.05, 4.69) is 0 Å². The van der Waals surface area contributed by atoms with Gasteiger partial charge in [0, 0.05) is 5.56 Å². The second kappa shape index (κ2) is 14.0. The number of phenols is 1. The summed E-state index contributed by atoms with van der Waals surface area (Å²) >= 11 is 0. The van der Waals surface area contributed by atoms with Crippen molar-refractivity contribution in [3.8, 4) is 23.0 Å². The molecule has 43 heavy (non-hydrogen) atoms. The van der Waals surface area contributed by atoms with Crippen molar-refractivity contribution in [1.29, 1.82) is 0 Å². The lowest BCUT2D eigenvalue weighted by Crippen LogP contribution is -2.60. The van der Waals surface area contributed by atoms with Crippen molar-refractivity contribution in [1.82, 2.24) is 0 Å². The second-order valence-electron chi connectivity index (χ2n) is 9.81. The number of carbonyl (C=O) groups is 1. The standard InChI is InChI=1S/C27H34O16/c1-38-24-14(41-27-23(36)21(34)19(32)16(9-29)43-27)7-6-12(30)17(24)25(37)39-10-11-4-2-3-5-13(11)40-26-22(35)20(33)18(31)15(8-28)42-26/h2-7,15-16,18-23,26-36H,8-10H2,1H3/t15-,16?,18-,19?,20+,21?,22-,23?,26-,27?/m1/s1. The van der Waals surface area contributed by atoms with Crippen LogP contribution in [0.4, 0.5) is 0 Å². The van der Waals surface area contributed by atoms with Gasteiger partial charge in [-0.15, -0.1) is 0 Å². The summed E-state index contributed by atoms with van der Waals surface area (Å²) in [5.41, 5.74) is -0.211. The Balaban J connectivity index is 1.50. The topological polar surface area (TPSA) is 255 Å². The molecule has 0 aromatic heterocycles. The predicted octanol–water partition coefficient (Wildman–Crippen LogP) is -2.88. The van der Waals surface area contributed by atoms with Gasteiger partial charge in [-0.2, -0.15) is 0 Å². The van der Waals surface area contributed by atoms with E-state index in [0.29, 0.717) is 0 Å². The molecule has 2 aliphatic heterocycles. The lowest BCUT2D eigenvalue weighted by Gasteiger charge is -2.39. The molecule has 5 unspecified atom stereocenters. The van der Waals surface area contributed by atoms with Gasteiger partial charge in [0.1, 0.15) is 72.5 Å². The Morgan fingerprint density at radius 1 is 0.744 bits per heavy atom. The van der Waals surface area contributed by atoms with Gasteiger partial charge in [-0.1, -0.05) is 18.2 Å². The van der Waals surface area contributed by atoms with Crippen molar-refractivity contribution in [2.45, 2.75) is 68.0 Å². The molecule has 2 aliphatic rings. The van der Waals surface area contributed by atoms with Crippen LogP contribution in [0.3, 0.4) is 0 Å². The molecular weight excluding hydrogens is 580 g/mol. The van der Waals surface area contributed by atoms with Crippen LogP contribution in [0.1, 0.15) is 15.9 Å².